The van der Waals surface area contributed by atoms with Crippen molar-refractivity contribution >= 4 is 23.2 Å². The fraction of sp³-hybridized carbons (Fsp3) is 0.235. The standard InChI is InChI=1S/C17H17ClN2O/c18-14-5-1-3-11(7-14)13-9-16(10-13)20-15-6-2-4-12(8-15)17(19)21/h1-8,13,16,20H,9-10H2,(H2,19,21). The highest BCUT2D eigenvalue weighted by atomic mass is 35.5. The van der Waals surface area contributed by atoms with Crippen LogP contribution in [0.5, 0.6) is 0 Å². The van der Waals surface area contributed by atoms with Crippen molar-refractivity contribution < 1.29 is 4.79 Å². The van der Waals surface area contributed by atoms with Gasteiger partial charge in [0.05, 0.1) is 0 Å². The van der Waals surface area contributed by atoms with Crippen molar-refractivity contribution in [1.82, 2.24) is 0 Å². The van der Waals surface area contributed by atoms with Crippen LogP contribution < -0.4 is 11.1 Å². The Morgan fingerprint density at radius 1 is 1.14 bits per heavy atom. The summed E-state index contributed by atoms with van der Waals surface area (Å²) in [5.74, 6) is 0.157. The summed E-state index contributed by atoms with van der Waals surface area (Å²) >= 11 is 6.02. The topological polar surface area (TPSA) is 55.1 Å². The molecule has 0 atom stereocenters. The van der Waals surface area contributed by atoms with Crippen LogP contribution in [0.1, 0.15) is 34.7 Å². The molecule has 4 heteroatoms. The van der Waals surface area contributed by atoms with Gasteiger partial charge in [0, 0.05) is 22.3 Å². The number of carbonyl (C=O) groups is 1. The lowest BCUT2D eigenvalue weighted by molar-refractivity contribution is 0.100. The predicted molar refractivity (Wildman–Crippen MR) is 85.8 cm³/mol. The van der Waals surface area contributed by atoms with Crippen LogP contribution in [0.3, 0.4) is 0 Å². The van der Waals surface area contributed by atoms with Gasteiger partial charge in [0.2, 0.25) is 5.91 Å². The van der Waals surface area contributed by atoms with Gasteiger partial charge in [-0.3, -0.25) is 4.79 Å². The first-order valence-corrected chi connectivity index (χ1v) is 7.41. The number of rotatable bonds is 4. The van der Waals surface area contributed by atoms with E-state index in [4.69, 9.17) is 17.3 Å². The summed E-state index contributed by atoms with van der Waals surface area (Å²) in [7, 11) is 0. The molecule has 3 rings (SSSR count). The molecule has 0 spiro atoms. The van der Waals surface area contributed by atoms with E-state index >= 15 is 0 Å². The summed E-state index contributed by atoms with van der Waals surface area (Å²) in [5.41, 5.74) is 8.07. The van der Waals surface area contributed by atoms with Crippen LogP contribution in [-0.4, -0.2) is 11.9 Å². The maximum atomic E-state index is 11.2. The molecule has 1 fully saturated rings. The molecule has 2 aromatic rings. The van der Waals surface area contributed by atoms with E-state index in [0.717, 1.165) is 23.6 Å². The maximum Gasteiger partial charge on any atom is 0.248 e. The molecule has 1 aliphatic rings. The summed E-state index contributed by atoms with van der Waals surface area (Å²) in [6, 6.07) is 15.8. The Morgan fingerprint density at radius 3 is 2.62 bits per heavy atom. The predicted octanol–water partition coefficient (Wildman–Crippen LogP) is 3.80. The van der Waals surface area contributed by atoms with Gasteiger partial charge in [-0.2, -0.15) is 0 Å². The number of carbonyl (C=O) groups excluding carboxylic acids is 1. The molecule has 0 unspecified atom stereocenters. The number of hydrogen-bond donors (Lipinski definition) is 2. The lowest BCUT2D eigenvalue weighted by Crippen LogP contribution is -2.34. The molecule has 0 aromatic heterocycles. The Kier molecular flexibility index (Phi) is 3.84. The molecule has 0 heterocycles. The molecule has 1 amide bonds. The molecule has 0 bridgehead atoms. The summed E-state index contributed by atoms with van der Waals surface area (Å²) in [6.07, 6.45) is 2.14. The SMILES string of the molecule is NC(=O)c1cccc(NC2CC(c3cccc(Cl)c3)C2)c1. The number of amides is 1. The molecule has 21 heavy (non-hydrogen) atoms. The lowest BCUT2D eigenvalue weighted by Gasteiger charge is -2.37. The van der Waals surface area contributed by atoms with Gasteiger partial charge in [0.25, 0.3) is 0 Å². The summed E-state index contributed by atoms with van der Waals surface area (Å²) < 4.78 is 0. The summed E-state index contributed by atoms with van der Waals surface area (Å²) in [4.78, 5) is 11.2. The quantitative estimate of drug-likeness (QED) is 0.902. The molecule has 2 aromatic carbocycles. The molecule has 0 saturated heterocycles. The minimum absolute atomic E-state index is 0.399. The van der Waals surface area contributed by atoms with E-state index in [0.29, 0.717) is 17.5 Å². The molecule has 3 N–H and O–H groups in total. The molecule has 108 valence electrons. The summed E-state index contributed by atoms with van der Waals surface area (Å²) in [6.45, 7) is 0. The van der Waals surface area contributed by atoms with E-state index in [1.807, 2.05) is 30.3 Å². The third-order valence-electron chi connectivity index (χ3n) is 3.98. The van der Waals surface area contributed by atoms with Gasteiger partial charge in [-0.25, -0.2) is 0 Å². The second-order valence-electron chi connectivity index (χ2n) is 5.51. The third-order valence-corrected chi connectivity index (χ3v) is 4.21. The van der Waals surface area contributed by atoms with Crippen molar-refractivity contribution in [3.05, 3.63) is 64.7 Å². The van der Waals surface area contributed by atoms with Gasteiger partial charge in [-0.15, -0.1) is 0 Å². The van der Waals surface area contributed by atoms with Gasteiger partial charge in [-0.05, 0) is 54.7 Å². The fourth-order valence-electron chi connectivity index (χ4n) is 2.77. The molecule has 3 nitrogen and oxygen atoms in total. The number of primary amides is 1. The number of nitrogens with two attached hydrogens (primary N) is 1. The first-order chi connectivity index (χ1) is 10.1. The van der Waals surface area contributed by atoms with E-state index in [1.165, 1.54) is 5.56 Å². The monoisotopic (exact) mass is 300 g/mol. The Labute approximate surface area is 129 Å². The van der Waals surface area contributed by atoms with E-state index < -0.39 is 5.91 Å². The highest BCUT2D eigenvalue weighted by molar-refractivity contribution is 6.30. The van der Waals surface area contributed by atoms with Crippen LogP contribution in [-0.2, 0) is 0 Å². The lowest BCUT2D eigenvalue weighted by atomic mass is 9.76. The molecular weight excluding hydrogens is 284 g/mol. The van der Waals surface area contributed by atoms with E-state index in [-0.39, 0.29) is 0 Å². The fourth-order valence-corrected chi connectivity index (χ4v) is 2.97. The molecule has 1 aliphatic carbocycles. The van der Waals surface area contributed by atoms with Crippen LogP contribution in [0.2, 0.25) is 5.02 Å². The number of hydrogen-bond acceptors (Lipinski definition) is 2. The minimum Gasteiger partial charge on any atom is -0.382 e. The number of anilines is 1. The van der Waals surface area contributed by atoms with Gasteiger partial charge >= 0.3 is 0 Å². The smallest absolute Gasteiger partial charge is 0.248 e. The average Bonchev–Trinajstić information content (AvgIpc) is 2.42. The number of benzene rings is 2. The third kappa shape index (κ3) is 3.19. The second-order valence-corrected chi connectivity index (χ2v) is 5.95. The van der Waals surface area contributed by atoms with Gasteiger partial charge in [0.15, 0.2) is 0 Å². The zero-order valence-corrected chi connectivity index (χ0v) is 12.3. The van der Waals surface area contributed by atoms with Crippen LogP contribution in [0, 0.1) is 0 Å². The molecule has 0 radical (unpaired) electrons. The minimum atomic E-state index is -0.399. The highest BCUT2D eigenvalue weighted by Gasteiger charge is 2.30. The van der Waals surface area contributed by atoms with E-state index in [1.54, 1.807) is 12.1 Å². The first-order valence-electron chi connectivity index (χ1n) is 7.03. The normalized spacial score (nSPS) is 20.6. The van der Waals surface area contributed by atoms with Crippen molar-refractivity contribution in [2.45, 2.75) is 24.8 Å². The van der Waals surface area contributed by atoms with E-state index in [2.05, 4.69) is 11.4 Å². The average molecular weight is 301 g/mol. The van der Waals surface area contributed by atoms with Crippen molar-refractivity contribution in [3.63, 3.8) is 0 Å². The zero-order chi connectivity index (χ0) is 14.8. The zero-order valence-electron chi connectivity index (χ0n) is 11.6. The maximum absolute atomic E-state index is 11.2. The molecule has 0 aliphatic heterocycles. The number of nitrogens with one attached hydrogen (secondary N) is 1. The van der Waals surface area contributed by atoms with Crippen molar-refractivity contribution in [2.24, 2.45) is 5.73 Å². The first kappa shape index (κ1) is 14.0. The van der Waals surface area contributed by atoms with Crippen molar-refractivity contribution in [1.29, 1.82) is 0 Å². The van der Waals surface area contributed by atoms with Crippen LogP contribution in [0.4, 0.5) is 5.69 Å². The van der Waals surface area contributed by atoms with Gasteiger partial charge in [0.1, 0.15) is 0 Å². The van der Waals surface area contributed by atoms with Crippen LogP contribution in [0.15, 0.2) is 48.5 Å². The van der Waals surface area contributed by atoms with Gasteiger partial charge in [-0.1, -0.05) is 29.8 Å². The van der Waals surface area contributed by atoms with Crippen LogP contribution in [0.25, 0.3) is 0 Å². The second kappa shape index (κ2) is 5.78. The number of halogens is 1. The summed E-state index contributed by atoms with van der Waals surface area (Å²) in [5, 5.41) is 4.24. The Balaban J connectivity index is 1.60. The largest absolute Gasteiger partial charge is 0.382 e. The van der Waals surface area contributed by atoms with Crippen molar-refractivity contribution in [3.8, 4) is 0 Å². The Morgan fingerprint density at radius 2 is 1.90 bits per heavy atom. The molecule has 1 saturated carbocycles. The van der Waals surface area contributed by atoms with E-state index in [9.17, 15) is 4.79 Å². The van der Waals surface area contributed by atoms with Crippen molar-refractivity contribution in [2.75, 3.05) is 5.32 Å². The Bertz CT molecular complexity index is 665. The molecular formula is C17H17ClN2O. The Hall–Kier alpha value is -2.00. The highest BCUT2D eigenvalue weighted by Crippen LogP contribution is 2.39. The van der Waals surface area contributed by atoms with Gasteiger partial charge < -0.3 is 11.1 Å². The van der Waals surface area contributed by atoms with Crippen LogP contribution >= 0.6 is 11.6 Å².